The van der Waals surface area contributed by atoms with Gasteiger partial charge in [-0.05, 0) is 49.1 Å². The van der Waals surface area contributed by atoms with Crippen LogP contribution >= 0.6 is 0 Å². The molecule has 1 saturated heterocycles. The Morgan fingerprint density at radius 3 is 2.48 bits per heavy atom. The number of likely N-dealkylation sites (tertiary alicyclic amines) is 1. The summed E-state index contributed by atoms with van der Waals surface area (Å²) in [5.41, 5.74) is 2.21. The Kier molecular flexibility index (Phi) is 4.00. The van der Waals surface area contributed by atoms with Crippen LogP contribution in [-0.2, 0) is 16.4 Å². The monoisotopic (exact) mass is 356 g/mol. The van der Waals surface area contributed by atoms with Crippen molar-refractivity contribution in [3.05, 3.63) is 59.7 Å². The van der Waals surface area contributed by atoms with Crippen LogP contribution in [0.4, 0.5) is 5.69 Å². The van der Waals surface area contributed by atoms with E-state index in [-0.39, 0.29) is 10.8 Å². The highest BCUT2D eigenvalue weighted by Crippen LogP contribution is 2.32. The number of carbonyl (C=O) groups is 1. The summed E-state index contributed by atoms with van der Waals surface area (Å²) in [6.07, 6.45) is 2.73. The van der Waals surface area contributed by atoms with Crippen molar-refractivity contribution >= 4 is 21.6 Å². The fourth-order valence-electron chi connectivity index (χ4n) is 3.58. The van der Waals surface area contributed by atoms with E-state index in [1.807, 2.05) is 24.3 Å². The normalized spacial score (nSPS) is 17.0. The maximum absolute atomic E-state index is 13.1. The molecule has 0 N–H and O–H groups in total. The number of para-hydroxylation sites is 1. The fourth-order valence-corrected chi connectivity index (χ4v) is 5.13. The first kappa shape index (κ1) is 16.1. The van der Waals surface area contributed by atoms with Crippen molar-refractivity contribution in [1.29, 1.82) is 0 Å². The molecule has 0 aliphatic carbocycles. The number of fused-ring (bicyclic) bond motifs is 1. The van der Waals surface area contributed by atoms with Crippen molar-refractivity contribution in [3.8, 4) is 0 Å². The van der Waals surface area contributed by atoms with Crippen LogP contribution in [0.15, 0.2) is 53.4 Å². The van der Waals surface area contributed by atoms with Crippen molar-refractivity contribution in [2.45, 2.75) is 24.2 Å². The van der Waals surface area contributed by atoms with E-state index in [0.29, 0.717) is 18.5 Å². The van der Waals surface area contributed by atoms with Gasteiger partial charge in [0.05, 0.1) is 10.6 Å². The molecule has 4 rings (SSSR count). The zero-order chi connectivity index (χ0) is 17.4. The van der Waals surface area contributed by atoms with Crippen molar-refractivity contribution < 1.29 is 13.2 Å². The zero-order valence-corrected chi connectivity index (χ0v) is 14.7. The average Bonchev–Trinajstić information content (AvgIpc) is 3.31. The molecule has 0 bridgehead atoms. The van der Waals surface area contributed by atoms with Gasteiger partial charge in [-0.25, -0.2) is 8.42 Å². The van der Waals surface area contributed by atoms with Crippen LogP contribution < -0.4 is 4.31 Å². The number of sulfonamides is 1. The Balaban J connectivity index is 1.68. The molecule has 2 heterocycles. The molecule has 0 aromatic heterocycles. The van der Waals surface area contributed by atoms with Crippen LogP contribution in [-0.4, -0.2) is 38.9 Å². The maximum Gasteiger partial charge on any atom is 0.264 e. The number of nitrogens with zero attached hydrogens (tertiary/aromatic N) is 2. The molecule has 1 amide bonds. The van der Waals surface area contributed by atoms with Gasteiger partial charge in [0, 0.05) is 25.2 Å². The minimum absolute atomic E-state index is 0.0867. The summed E-state index contributed by atoms with van der Waals surface area (Å²) in [4.78, 5) is 14.5. The first-order valence-electron chi connectivity index (χ1n) is 8.57. The summed E-state index contributed by atoms with van der Waals surface area (Å²) in [6, 6.07) is 14.0. The lowest BCUT2D eigenvalue weighted by molar-refractivity contribution is 0.0792. The maximum atomic E-state index is 13.1. The first-order chi connectivity index (χ1) is 12.1. The van der Waals surface area contributed by atoms with Crippen molar-refractivity contribution in [1.82, 2.24) is 4.90 Å². The van der Waals surface area contributed by atoms with Gasteiger partial charge < -0.3 is 4.90 Å². The average molecular weight is 356 g/mol. The molecule has 130 valence electrons. The van der Waals surface area contributed by atoms with Gasteiger partial charge >= 0.3 is 0 Å². The van der Waals surface area contributed by atoms with Crippen LogP contribution in [0.2, 0.25) is 0 Å². The molecule has 2 aromatic rings. The Bertz CT molecular complexity index is 918. The Labute approximate surface area is 147 Å². The van der Waals surface area contributed by atoms with E-state index < -0.39 is 10.0 Å². The first-order valence-corrected chi connectivity index (χ1v) is 10.0. The number of rotatable bonds is 3. The Hall–Kier alpha value is -2.34. The minimum Gasteiger partial charge on any atom is -0.339 e. The molecule has 0 saturated carbocycles. The highest BCUT2D eigenvalue weighted by Gasteiger charge is 2.31. The van der Waals surface area contributed by atoms with E-state index in [1.54, 1.807) is 23.1 Å². The highest BCUT2D eigenvalue weighted by atomic mass is 32.2. The van der Waals surface area contributed by atoms with E-state index in [2.05, 4.69) is 0 Å². The van der Waals surface area contributed by atoms with Gasteiger partial charge in [-0.3, -0.25) is 9.10 Å². The molecular formula is C19H20N2O3S. The van der Waals surface area contributed by atoms with Crippen LogP contribution in [0.3, 0.4) is 0 Å². The molecule has 2 aliphatic rings. The third-order valence-electron chi connectivity index (χ3n) is 4.91. The van der Waals surface area contributed by atoms with Crippen LogP contribution in [0.25, 0.3) is 0 Å². The molecule has 5 nitrogen and oxygen atoms in total. The second-order valence-corrected chi connectivity index (χ2v) is 8.35. The lowest BCUT2D eigenvalue weighted by atomic mass is 10.2. The molecule has 25 heavy (non-hydrogen) atoms. The number of amides is 1. The van der Waals surface area contributed by atoms with E-state index in [0.717, 1.165) is 37.2 Å². The Morgan fingerprint density at radius 2 is 1.68 bits per heavy atom. The molecule has 0 atom stereocenters. The summed E-state index contributed by atoms with van der Waals surface area (Å²) in [6.45, 7) is 1.93. The summed E-state index contributed by atoms with van der Waals surface area (Å²) < 4.78 is 27.6. The molecule has 6 heteroatoms. The van der Waals surface area contributed by atoms with E-state index >= 15 is 0 Å². The molecule has 0 radical (unpaired) electrons. The van der Waals surface area contributed by atoms with E-state index in [1.165, 1.54) is 10.4 Å². The van der Waals surface area contributed by atoms with E-state index in [4.69, 9.17) is 0 Å². The van der Waals surface area contributed by atoms with Crippen LogP contribution in [0.1, 0.15) is 28.8 Å². The standard InChI is InChI=1S/C19H20N2O3S/c22-19(20-11-3-4-12-20)16-7-5-8-17(14-16)25(23,24)21-13-10-15-6-1-2-9-18(15)21/h1-2,5-9,14H,3-4,10-13H2. The van der Waals surface area contributed by atoms with E-state index in [9.17, 15) is 13.2 Å². The predicted molar refractivity (Wildman–Crippen MR) is 96.3 cm³/mol. The summed E-state index contributed by atoms with van der Waals surface area (Å²) in [5.74, 6) is -0.0867. The van der Waals surface area contributed by atoms with Gasteiger partial charge in [-0.2, -0.15) is 0 Å². The number of anilines is 1. The third kappa shape index (κ3) is 2.80. The molecule has 1 fully saturated rings. The quantitative estimate of drug-likeness (QED) is 0.850. The Morgan fingerprint density at radius 1 is 0.920 bits per heavy atom. The zero-order valence-electron chi connectivity index (χ0n) is 13.9. The number of benzene rings is 2. The molecule has 2 aromatic carbocycles. The predicted octanol–water partition coefficient (Wildman–Crippen LogP) is 2.67. The number of hydrogen-bond donors (Lipinski definition) is 0. The van der Waals surface area contributed by atoms with Crippen LogP contribution in [0, 0.1) is 0 Å². The summed E-state index contributed by atoms with van der Waals surface area (Å²) >= 11 is 0. The SMILES string of the molecule is O=C(c1cccc(S(=O)(=O)N2CCc3ccccc32)c1)N1CCCC1. The van der Waals surface area contributed by atoms with Gasteiger partial charge in [0.15, 0.2) is 0 Å². The van der Waals surface area contributed by atoms with Crippen molar-refractivity contribution in [3.63, 3.8) is 0 Å². The fraction of sp³-hybridized carbons (Fsp3) is 0.316. The van der Waals surface area contributed by atoms with Crippen molar-refractivity contribution in [2.24, 2.45) is 0 Å². The lowest BCUT2D eigenvalue weighted by Crippen LogP contribution is -2.30. The lowest BCUT2D eigenvalue weighted by Gasteiger charge is -2.20. The van der Waals surface area contributed by atoms with Gasteiger partial charge in [0.2, 0.25) is 0 Å². The minimum atomic E-state index is -3.67. The molecule has 0 unspecified atom stereocenters. The largest absolute Gasteiger partial charge is 0.339 e. The summed E-state index contributed by atoms with van der Waals surface area (Å²) in [5, 5.41) is 0. The summed E-state index contributed by atoms with van der Waals surface area (Å²) in [7, 11) is -3.67. The van der Waals surface area contributed by atoms with Gasteiger partial charge in [0.25, 0.3) is 15.9 Å². The molecule has 2 aliphatic heterocycles. The number of carbonyl (C=O) groups excluding carboxylic acids is 1. The second-order valence-electron chi connectivity index (χ2n) is 6.48. The van der Waals surface area contributed by atoms with Gasteiger partial charge in [-0.15, -0.1) is 0 Å². The molecule has 0 spiro atoms. The highest BCUT2D eigenvalue weighted by molar-refractivity contribution is 7.92. The topological polar surface area (TPSA) is 57.7 Å². The molecular weight excluding hydrogens is 336 g/mol. The van der Waals surface area contributed by atoms with Crippen molar-refractivity contribution in [2.75, 3.05) is 23.9 Å². The van der Waals surface area contributed by atoms with Gasteiger partial charge in [-0.1, -0.05) is 24.3 Å². The van der Waals surface area contributed by atoms with Crippen LogP contribution in [0.5, 0.6) is 0 Å². The van der Waals surface area contributed by atoms with Gasteiger partial charge in [0.1, 0.15) is 0 Å². The second kappa shape index (κ2) is 6.19. The third-order valence-corrected chi connectivity index (χ3v) is 6.72. The number of hydrogen-bond acceptors (Lipinski definition) is 3. The smallest absolute Gasteiger partial charge is 0.264 e.